The van der Waals surface area contributed by atoms with Crippen LogP contribution >= 0.6 is 0 Å². The monoisotopic (exact) mass is 142 g/mol. The maximum Gasteiger partial charge on any atom is 0.00645 e. The van der Waals surface area contributed by atoms with Crippen LogP contribution in [0.5, 0.6) is 0 Å². The van der Waals surface area contributed by atoms with E-state index >= 15 is 0 Å². The Bertz CT molecular complexity index is 97.4. The number of rotatable bonds is 3. The zero-order valence-electron chi connectivity index (χ0n) is 7.01. The molecule has 0 bridgehead atoms. The van der Waals surface area contributed by atoms with Crippen LogP contribution in [0.3, 0.4) is 0 Å². The highest BCUT2D eigenvalue weighted by Crippen LogP contribution is 2.18. The largest absolute Gasteiger partial charge is 0.330 e. The lowest BCUT2D eigenvalue weighted by atomic mass is 9.97. The predicted molar refractivity (Wildman–Crippen MR) is 43.9 cm³/mol. The van der Waals surface area contributed by atoms with Crippen LogP contribution in [0.25, 0.3) is 0 Å². The van der Waals surface area contributed by atoms with Gasteiger partial charge in [-0.2, -0.15) is 0 Å². The minimum absolute atomic E-state index is 0.766. The molecule has 0 aromatic heterocycles. The molecule has 0 saturated carbocycles. The smallest absolute Gasteiger partial charge is 0.00645 e. The molecule has 1 heterocycles. The summed E-state index contributed by atoms with van der Waals surface area (Å²) < 4.78 is 0. The molecule has 1 fully saturated rings. The van der Waals surface area contributed by atoms with Gasteiger partial charge in [-0.15, -0.1) is 0 Å². The van der Waals surface area contributed by atoms with Gasteiger partial charge in [0.25, 0.3) is 0 Å². The highest BCUT2D eigenvalue weighted by Gasteiger charge is 2.27. The summed E-state index contributed by atoms with van der Waals surface area (Å²) in [7, 11) is 0. The van der Waals surface area contributed by atoms with Crippen molar-refractivity contribution >= 4 is 0 Å². The van der Waals surface area contributed by atoms with Gasteiger partial charge < -0.3 is 5.73 Å². The van der Waals surface area contributed by atoms with E-state index in [1.165, 1.54) is 19.5 Å². The quantitative estimate of drug-likeness (QED) is 0.627. The summed E-state index contributed by atoms with van der Waals surface area (Å²) in [4.78, 5) is 2.50. The van der Waals surface area contributed by atoms with Crippen molar-refractivity contribution < 1.29 is 0 Å². The molecule has 1 aliphatic rings. The normalized spacial score (nSPS) is 24.3. The average Bonchev–Trinajstić information content (AvgIpc) is 1.85. The molecule has 1 atom stereocenters. The first kappa shape index (κ1) is 8.02. The van der Waals surface area contributed by atoms with Crippen LogP contribution in [0.1, 0.15) is 20.3 Å². The number of hydrogen-bond donors (Lipinski definition) is 1. The van der Waals surface area contributed by atoms with E-state index in [4.69, 9.17) is 5.73 Å². The van der Waals surface area contributed by atoms with Crippen molar-refractivity contribution in [3.05, 3.63) is 0 Å². The van der Waals surface area contributed by atoms with Gasteiger partial charge in [-0.1, -0.05) is 6.92 Å². The van der Waals surface area contributed by atoms with Crippen LogP contribution < -0.4 is 5.73 Å². The standard InChI is InChI=1S/C8H18N2/c1-3-7(2)10-5-8(4-9)6-10/h7-8H,3-6,9H2,1-2H3. The fourth-order valence-electron chi connectivity index (χ4n) is 1.38. The Morgan fingerprint density at radius 1 is 1.60 bits per heavy atom. The first-order valence-corrected chi connectivity index (χ1v) is 4.22. The van der Waals surface area contributed by atoms with Crippen molar-refractivity contribution in [2.24, 2.45) is 11.7 Å². The fourth-order valence-corrected chi connectivity index (χ4v) is 1.38. The van der Waals surface area contributed by atoms with Gasteiger partial charge in [0.15, 0.2) is 0 Å². The Kier molecular flexibility index (Phi) is 2.69. The molecular formula is C8H18N2. The van der Waals surface area contributed by atoms with Gasteiger partial charge in [-0.05, 0) is 25.8 Å². The molecule has 1 saturated heterocycles. The molecule has 0 aliphatic carbocycles. The Hall–Kier alpha value is -0.0800. The van der Waals surface area contributed by atoms with Crippen LogP contribution in [0.4, 0.5) is 0 Å². The lowest BCUT2D eigenvalue weighted by molar-refractivity contribution is 0.0633. The third kappa shape index (κ3) is 1.50. The Morgan fingerprint density at radius 3 is 2.60 bits per heavy atom. The van der Waals surface area contributed by atoms with Crippen molar-refractivity contribution in [2.75, 3.05) is 19.6 Å². The van der Waals surface area contributed by atoms with Crippen molar-refractivity contribution in [1.29, 1.82) is 0 Å². The molecule has 1 rings (SSSR count). The molecule has 2 nitrogen and oxygen atoms in total. The molecule has 10 heavy (non-hydrogen) atoms. The van der Waals surface area contributed by atoms with Gasteiger partial charge in [-0.3, -0.25) is 4.90 Å². The first-order chi connectivity index (χ1) is 4.77. The topological polar surface area (TPSA) is 29.3 Å². The van der Waals surface area contributed by atoms with Crippen LogP contribution in [0.2, 0.25) is 0 Å². The van der Waals surface area contributed by atoms with Crippen molar-refractivity contribution in [2.45, 2.75) is 26.3 Å². The summed E-state index contributed by atoms with van der Waals surface area (Å²) in [6.45, 7) is 7.84. The van der Waals surface area contributed by atoms with Crippen LogP contribution in [0, 0.1) is 5.92 Å². The van der Waals surface area contributed by atoms with E-state index in [1.54, 1.807) is 0 Å². The van der Waals surface area contributed by atoms with Crippen molar-refractivity contribution in [3.8, 4) is 0 Å². The molecule has 0 radical (unpaired) electrons. The van der Waals surface area contributed by atoms with Crippen molar-refractivity contribution in [1.82, 2.24) is 4.90 Å². The Balaban J connectivity index is 2.13. The number of nitrogens with two attached hydrogens (primary N) is 1. The molecule has 0 amide bonds. The summed E-state index contributed by atoms with van der Waals surface area (Å²) in [5.74, 6) is 0.786. The average molecular weight is 142 g/mol. The minimum Gasteiger partial charge on any atom is -0.330 e. The van der Waals surface area contributed by atoms with E-state index < -0.39 is 0 Å². The molecular weight excluding hydrogens is 124 g/mol. The van der Waals surface area contributed by atoms with E-state index in [-0.39, 0.29) is 0 Å². The van der Waals surface area contributed by atoms with E-state index in [2.05, 4.69) is 18.7 Å². The predicted octanol–water partition coefficient (Wildman–Crippen LogP) is 0.675. The molecule has 1 aliphatic heterocycles. The van der Waals surface area contributed by atoms with E-state index in [1.807, 2.05) is 0 Å². The van der Waals surface area contributed by atoms with Gasteiger partial charge in [0.2, 0.25) is 0 Å². The maximum absolute atomic E-state index is 5.51. The van der Waals surface area contributed by atoms with Crippen molar-refractivity contribution in [3.63, 3.8) is 0 Å². The van der Waals surface area contributed by atoms with Crippen LogP contribution in [-0.2, 0) is 0 Å². The minimum atomic E-state index is 0.766. The van der Waals surface area contributed by atoms with Gasteiger partial charge in [0.1, 0.15) is 0 Å². The molecule has 60 valence electrons. The second-order valence-electron chi connectivity index (χ2n) is 3.31. The van der Waals surface area contributed by atoms with E-state index in [0.717, 1.165) is 18.5 Å². The SMILES string of the molecule is CCC(C)N1CC(CN)C1. The second-order valence-corrected chi connectivity index (χ2v) is 3.31. The van der Waals surface area contributed by atoms with Gasteiger partial charge in [0, 0.05) is 19.1 Å². The summed E-state index contributed by atoms with van der Waals surface area (Å²) in [5.41, 5.74) is 5.51. The first-order valence-electron chi connectivity index (χ1n) is 4.22. The summed E-state index contributed by atoms with van der Waals surface area (Å²) in [5, 5.41) is 0. The zero-order chi connectivity index (χ0) is 7.56. The fraction of sp³-hybridized carbons (Fsp3) is 1.00. The summed E-state index contributed by atoms with van der Waals surface area (Å²) in [6.07, 6.45) is 1.26. The molecule has 2 heteroatoms. The van der Waals surface area contributed by atoms with Crippen LogP contribution in [-0.4, -0.2) is 30.6 Å². The third-order valence-electron chi connectivity index (χ3n) is 2.53. The van der Waals surface area contributed by atoms with Crippen LogP contribution in [0.15, 0.2) is 0 Å². The Morgan fingerprint density at radius 2 is 2.20 bits per heavy atom. The van der Waals surface area contributed by atoms with Gasteiger partial charge >= 0.3 is 0 Å². The number of nitrogens with zero attached hydrogens (tertiary/aromatic N) is 1. The maximum atomic E-state index is 5.51. The van der Waals surface area contributed by atoms with E-state index in [0.29, 0.717) is 0 Å². The highest BCUT2D eigenvalue weighted by molar-refractivity contribution is 4.83. The Labute approximate surface area is 63.4 Å². The lowest BCUT2D eigenvalue weighted by Crippen LogP contribution is -2.53. The highest BCUT2D eigenvalue weighted by atomic mass is 15.2. The molecule has 2 N–H and O–H groups in total. The van der Waals surface area contributed by atoms with Gasteiger partial charge in [-0.25, -0.2) is 0 Å². The van der Waals surface area contributed by atoms with Gasteiger partial charge in [0.05, 0.1) is 0 Å². The number of likely N-dealkylation sites (tertiary alicyclic amines) is 1. The molecule has 0 aromatic rings. The summed E-state index contributed by atoms with van der Waals surface area (Å²) >= 11 is 0. The third-order valence-corrected chi connectivity index (χ3v) is 2.53. The van der Waals surface area contributed by atoms with E-state index in [9.17, 15) is 0 Å². The second kappa shape index (κ2) is 3.35. The zero-order valence-corrected chi connectivity index (χ0v) is 7.01. The lowest BCUT2D eigenvalue weighted by Gasteiger charge is -2.42. The molecule has 0 aromatic carbocycles. The molecule has 1 unspecified atom stereocenters. The summed E-state index contributed by atoms with van der Waals surface area (Å²) in [6, 6.07) is 0.766. The molecule has 0 spiro atoms. The number of hydrogen-bond acceptors (Lipinski definition) is 2.